The molecule has 202 valence electrons. The quantitative estimate of drug-likeness (QED) is 0.298. The van der Waals surface area contributed by atoms with Crippen LogP contribution in [0.25, 0.3) is 6.08 Å². The lowest BCUT2D eigenvalue weighted by Crippen LogP contribution is -2.36. The average molecular weight is 518 g/mol. The molecule has 2 aromatic carbocycles. The lowest BCUT2D eigenvalue weighted by Gasteiger charge is -2.30. The summed E-state index contributed by atoms with van der Waals surface area (Å²) >= 11 is 0. The van der Waals surface area contributed by atoms with E-state index in [0.717, 1.165) is 54.5 Å². The summed E-state index contributed by atoms with van der Waals surface area (Å²) in [7, 11) is 1.35. The highest BCUT2D eigenvalue weighted by Crippen LogP contribution is 2.48. The first kappa shape index (κ1) is 27.6. The number of ether oxygens (including phenoxy) is 2. The van der Waals surface area contributed by atoms with E-state index in [1.165, 1.54) is 19.6 Å². The van der Waals surface area contributed by atoms with E-state index in [1.54, 1.807) is 6.08 Å². The molecule has 2 atom stereocenters. The molecule has 4 rings (SSSR count). The van der Waals surface area contributed by atoms with Crippen molar-refractivity contribution in [3.63, 3.8) is 0 Å². The van der Waals surface area contributed by atoms with Gasteiger partial charge in [0.25, 0.3) is 0 Å². The molecule has 2 fully saturated rings. The Balaban J connectivity index is 1.51. The van der Waals surface area contributed by atoms with E-state index in [4.69, 9.17) is 9.47 Å². The Morgan fingerprint density at radius 1 is 1.00 bits per heavy atom. The summed E-state index contributed by atoms with van der Waals surface area (Å²) in [6, 6.07) is 15.9. The molecule has 6 heteroatoms. The van der Waals surface area contributed by atoms with E-state index in [-0.39, 0.29) is 29.6 Å². The lowest BCUT2D eigenvalue weighted by molar-refractivity contribution is -0.156. The zero-order valence-electron chi connectivity index (χ0n) is 22.9. The molecule has 0 bridgehead atoms. The van der Waals surface area contributed by atoms with Gasteiger partial charge >= 0.3 is 11.9 Å². The zero-order chi connectivity index (χ0) is 27.3. The molecule has 2 aliphatic carbocycles. The molecule has 0 aromatic heterocycles. The number of benzene rings is 2. The van der Waals surface area contributed by atoms with Gasteiger partial charge in [0.1, 0.15) is 5.60 Å². The van der Waals surface area contributed by atoms with Crippen LogP contribution in [0.15, 0.2) is 54.6 Å². The van der Waals surface area contributed by atoms with Crippen LogP contribution in [0.1, 0.15) is 81.9 Å². The fourth-order valence-corrected chi connectivity index (χ4v) is 5.15. The zero-order valence-corrected chi connectivity index (χ0v) is 22.9. The van der Waals surface area contributed by atoms with Crippen LogP contribution in [-0.4, -0.2) is 30.6 Å². The Bertz CT molecular complexity index is 1170. The topological polar surface area (TPSA) is 72.9 Å². The molecule has 1 amide bonds. The molecular weight excluding hydrogens is 478 g/mol. The Morgan fingerprint density at radius 2 is 1.71 bits per heavy atom. The molecule has 6 nitrogen and oxygen atoms in total. The Morgan fingerprint density at radius 3 is 2.37 bits per heavy atom. The molecular formula is C32H39NO5. The molecule has 0 spiro atoms. The Labute approximate surface area is 226 Å². The van der Waals surface area contributed by atoms with Gasteiger partial charge in [-0.15, -0.1) is 0 Å². The number of methoxy groups -OCH3 is 1. The van der Waals surface area contributed by atoms with Crippen molar-refractivity contribution in [2.75, 3.05) is 12.0 Å². The number of amides is 1. The van der Waals surface area contributed by atoms with Crippen molar-refractivity contribution < 1.29 is 23.9 Å². The van der Waals surface area contributed by atoms with Gasteiger partial charge in [-0.2, -0.15) is 0 Å². The second-order valence-corrected chi connectivity index (χ2v) is 11.4. The van der Waals surface area contributed by atoms with Crippen LogP contribution < -0.4 is 4.90 Å². The fourth-order valence-electron chi connectivity index (χ4n) is 5.15. The highest BCUT2D eigenvalue weighted by atomic mass is 16.6. The number of nitrogens with zero attached hydrogens (tertiary/aromatic N) is 1. The number of carbonyl (C=O) groups excluding carboxylic acids is 3. The molecule has 0 aliphatic heterocycles. The number of rotatable bonds is 8. The van der Waals surface area contributed by atoms with Gasteiger partial charge in [0.15, 0.2) is 0 Å². The number of hydrogen-bond donors (Lipinski definition) is 0. The molecule has 0 radical (unpaired) electrons. The maximum atomic E-state index is 13.7. The standard InChI is InChI=1S/C32H39NO5/c1-32(2,3)38-31(36)28-20-27(28)24-16-13-23(14-17-24)21-33(30(35)25-10-6-5-7-11-25)26-12-8-9-22(19-26)15-18-29(34)37-4/h8-9,12-19,25,27-28H,5-7,10-11,20-21H2,1-4H3/b18-15+. The molecule has 0 N–H and O–H groups in total. The van der Waals surface area contributed by atoms with Gasteiger partial charge in [-0.05, 0) is 80.9 Å². The number of hydrogen-bond acceptors (Lipinski definition) is 5. The summed E-state index contributed by atoms with van der Waals surface area (Å²) in [5, 5.41) is 0. The van der Waals surface area contributed by atoms with E-state index in [0.29, 0.717) is 6.54 Å². The molecule has 2 aromatic rings. The second-order valence-electron chi connectivity index (χ2n) is 11.4. The molecule has 2 aliphatic rings. The maximum absolute atomic E-state index is 13.7. The smallest absolute Gasteiger partial charge is 0.330 e. The molecule has 38 heavy (non-hydrogen) atoms. The highest BCUT2D eigenvalue weighted by molar-refractivity contribution is 5.95. The van der Waals surface area contributed by atoms with Crippen molar-refractivity contribution in [3.05, 3.63) is 71.3 Å². The number of anilines is 1. The van der Waals surface area contributed by atoms with E-state index in [1.807, 2.05) is 49.9 Å². The van der Waals surface area contributed by atoms with Gasteiger partial charge in [-0.1, -0.05) is 55.7 Å². The van der Waals surface area contributed by atoms with E-state index in [2.05, 4.69) is 24.3 Å². The first-order chi connectivity index (χ1) is 18.1. The summed E-state index contributed by atoms with van der Waals surface area (Å²) in [6.07, 6.45) is 9.09. The van der Waals surface area contributed by atoms with E-state index >= 15 is 0 Å². The third-order valence-electron chi connectivity index (χ3n) is 7.26. The van der Waals surface area contributed by atoms with Crippen LogP contribution in [-0.2, 0) is 30.4 Å². The van der Waals surface area contributed by atoms with Gasteiger partial charge in [-0.25, -0.2) is 4.79 Å². The summed E-state index contributed by atoms with van der Waals surface area (Å²) in [5.41, 5.74) is 3.32. The van der Waals surface area contributed by atoms with E-state index in [9.17, 15) is 14.4 Å². The van der Waals surface area contributed by atoms with Crippen LogP contribution >= 0.6 is 0 Å². The maximum Gasteiger partial charge on any atom is 0.330 e. The lowest BCUT2D eigenvalue weighted by atomic mass is 9.88. The van der Waals surface area contributed by atoms with Gasteiger partial charge in [0, 0.05) is 17.7 Å². The monoisotopic (exact) mass is 517 g/mol. The summed E-state index contributed by atoms with van der Waals surface area (Å²) in [5.74, 6) is -0.261. The van der Waals surface area contributed by atoms with Crippen molar-refractivity contribution in [3.8, 4) is 0 Å². The summed E-state index contributed by atoms with van der Waals surface area (Å²) < 4.78 is 10.3. The molecule has 2 saturated carbocycles. The van der Waals surface area contributed by atoms with Crippen molar-refractivity contribution >= 4 is 29.6 Å². The van der Waals surface area contributed by atoms with Crippen LogP contribution in [0.5, 0.6) is 0 Å². The van der Waals surface area contributed by atoms with Crippen LogP contribution in [0.3, 0.4) is 0 Å². The van der Waals surface area contributed by atoms with Crippen molar-refractivity contribution in [2.45, 2.75) is 77.4 Å². The SMILES string of the molecule is COC(=O)/C=C/c1cccc(N(Cc2ccc(C3CC3C(=O)OC(C)(C)C)cc2)C(=O)C2CCCCC2)c1. The molecule has 0 heterocycles. The Kier molecular flexibility index (Phi) is 8.70. The molecule has 0 saturated heterocycles. The number of carbonyl (C=O) groups is 3. The van der Waals surface area contributed by atoms with Gasteiger partial charge in [0.2, 0.25) is 5.91 Å². The van der Waals surface area contributed by atoms with Crippen LogP contribution in [0, 0.1) is 11.8 Å². The minimum absolute atomic E-state index is 0.0262. The van der Waals surface area contributed by atoms with Crippen molar-refractivity contribution in [1.82, 2.24) is 0 Å². The largest absolute Gasteiger partial charge is 0.466 e. The number of esters is 2. The minimum atomic E-state index is -0.477. The first-order valence-corrected chi connectivity index (χ1v) is 13.6. The predicted molar refractivity (Wildman–Crippen MR) is 148 cm³/mol. The third kappa shape index (κ3) is 7.33. The highest BCUT2D eigenvalue weighted by Gasteiger charge is 2.46. The molecule has 2 unspecified atom stereocenters. The van der Waals surface area contributed by atoms with Crippen LogP contribution in [0.2, 0.25) is 0 Å². The van der Waals surface area contributed by atoms with E-state index < -0.39 is 11.6 Å². The van der Waals surface area contributed by atoms with Crippen molar-refractivity contribution in [1.29, 1.82) is 0 Å². The summed E-state index contributed by atoms with van der Waals surface area (Å²) in [4.78, 5) is 39.6. The fraction of sp³-hybridized carbons (Fsp3) is 0.469. The Hall–Kier alpha value is -3.41. The first-order valence-electron chi connectivity index (χ1n) is 13.6. The summed E-state index contributed by atoms with van der Waals surface area (Å²) in [6.45, 7) is 6.13. The predicted octanol–water partition coefficient (Wildman–Crippen LogP) is 6.43. The van der Waals surface area contributed by atoms with Crippen LogP contribution in [0.4, 0.5) is 5.69 Å². The van der Waals surface area contributed by atoms with Gasteiger partial charge < -0.3 is 14.4 Å². The van der Waals surface area contributed by atoms with Crippen molar-refractivity contribution in [2.24, 2.45) is 11.8 Å². The minimum Gasteiger partial charge on any atom is -0.466 e. The third-order valence-corrected chi connectivity index (χ3v) is 7.26. The van der Waals surface area contributed by atoms with Gasteiger partial charge in [0.05, 0.1) is 19.6 Å². The second kappa shape index (κ2) is 12.0. The normalized spacial score (nSPS) is 19.7. The average Bonchev–Trinajstić information content (AvgIpc) is 3.71. The van der Waals surface area contributed by atoms with Gasteiger partial charge in [-0.3, -0.25) is 9.59 Å².